The number of carbonyl (C=O) groups excluding carboxylic acids is 1. The van der Waals surface area contributed by atoms with Gasteiger partial charge in [-0.25, -0.2) is 0 Å². The first-order valence-corrected chi connectivity index (χ1v) is 11.3. The molecule has 0 aliphatic carbocycles. The van der Waals surface area contributed by atoms with Crippen LogP contribution in [0.4, 0.5) is 5.82 Å². The van der Waals surface area contributed by atoms with Crippen molar-refractivity contribution in [2.45, 2.75) is 63.3 Å². The van der Waals surface area contributed by atoms with Crippen molar-refractivity contribution in [3.8, 4) is 0 Å². The van der Waals surface area contributed by atoms with Crippen molar-refractivity contribution in [3.63, 3.8) is 0 Å². The molecule has 0 spiro atoms. The summed E-state index contributed by atoms with van der Waals surface area (Å²) in [7, 11) is 0. The number of thioether (sulfide) groups is 1. The molecular weight excluding hydrogens is 386 g/mol. The molecule has 29 heavy (non-hydrogen) atoms. The van der Waals surface area contributed by atoms with Gasteiger partial charge in [-0.3, -0.25) is 19.4 Å². The minimum atomic E-state index is -0.257. The molecule has 0 bridgehead atoms. The van der Waals surface area contributed by atoms with E-state index in [1.54, 1.807) is 0 Å². The van der Waals surface area contributed by atoms with Crippen LogP contribution in [0.15, 0.2) is 29.1 Å². The van der Waals surface area contributed by atoms with E-state index in [2.05, 4.69) is 62.4 Å². The zero-order valence-corrected chi connectivity index (χ0v) is 18.3. The van der Waals surface area contributed by atoms with Crippen LogP contribution in [0, 0.1) is 0 Å². The fraction of sp³-hybridized carbons (Fsp3) is 0.545. The number of nitrogens with one attached hydrogen (secondary N) is 2. The maximum absolute atomic E-state index is 13.0. The molecule has 1 amide bonds. The van der Waals surface area contributed by atoms with Crippen LogP contribution in [0.3, 0.4) is 0 Å². The van der Waals surface area contributed by atoms with Gasteiger partial charge in [-0.2, -0.15) is 0 Å². The molecule has 4 rings (SSSR count). The normalized spacial score (nSPS) is 24.1. The number of hydrogen-bond donors (Lipinski definition) is 2. The summed E-state index contributed by atoms with van der Waals surface area (Å²) in [4.78, 5) is 25.5. The largest absolute Gasteiger partial charge is 0.375 e. The molecule has 7 heteroatoms. The molecule has 1 saturated heterocycles. The van der Waals surface area contributed by atoms with Crippen LogP contribution < -0.4 is 10.9 Å². The molecule has 2 aliphatic heterocycles. The lowest BCUT2D eigenvalue weighted by Gasteiger charge is -2.36. The van der Waals surface area contributed by atoms with Gasteiger partial charge in [0.2, 0.25) is 5.91 Å². The zero-order chi connectivity index (χ0) is 20.8. The highest BCUT2D eigenvalue weighted by Crippen LogP contribution is 2.42. The third-order valence-corrected chi connectivity index (χ3v) is 7.08. The number of aromatic amines is 1. The quantitative estimate of drug-likeness (QED) is 0.788. The Labute approximate surface area is 175 Å². The van der Waals surface area contributed by atoms with E-state index in [-0.39, 0.29) is 28.4 Å². The van der Waals surface area contributed by atoms with E-state index in [1.165, 1.54) is 17.3 Å². The number of H-pyrrole nitrogens is 1. The van der Waals surface area contributed by atoms with Gasteiger partial charge in [-0.1, -0.05) is 38.1 Å². The van der Waals surface area contributed by atoms with Gasteiger partial charge >= 0.3 is 0 Å². The summed E-state index contributed by atoms with van der Waals surface area (Å²) < 4.78 is 7.71. The number of nitrogens with zero attached hydrogens (tertiary/aromatic N) is 1. The zero-order valence-electron chi connectivity index (χ0n) is 17.5. The number of hydrogen-bond acceptors (Lipinski definition) is 4. The van der Waals surface area contributed by atoms with Crippen molar-refractivity contribution in [1.29, 1.82) is 0 Å². The molecule has 2 N–H and O–H groups in total. The van der Waals surface area contributed by atoms with Crippen LogP contribution in [0.2, 0.25) is 0 Å². The Balaban J connectivity index is 1.76. The molecule has 0 saturated carbocycles. The maximum atomic E-state index is 13.0. The fourth-order valence-corrected chi connectivity index (χ4v) is 5.38. The Morgan fingerprint density at radius 2 is 1.93 bits per heavy atom. The standard InChI is InChI=1S/C22H29N3O3S/c1-13(2)14-5-7-15(8-6-14)19-18-20(23-17(26)12-29-19)25(24-21(18)27)16-9-10-28-22(3,4)11-16/h5-8,13,16,19H,9-12H2,1-4H3,(H,23,26)(H,24,27)/t16-,19-/m0/s1. The molecule has 1 aromatic carbocycles. The topological polar surface area (TPSA) is 76.1 Å². The second-order valence-electron chi connectivity index (χ2n) is 8.89. The third-order valence-electron chi connectivity index (χ3n) is 5.81. The number of benzene rings is 1. The van der Waals surface area contributed by atoms with Gasteiger partial charge < -0.3 is 10.1 Å². The van der Waals surface area contributed by atoms with E-state index in [0.717, 1.165) is 18.4 Å². The Morgan fingerprint density at radius 1 is 1.21 bits per heavy atom. The lowest BCUT2D eigenvalue weighted by Crippen LogP contribution is -2.36. The molecule has 1 aromatic heterocycles. The summed E-state index contributed by atoms with van der Waals surface area (Å²) in [6.07, 6.45) is 1.58. The SMILES string of the molecule is CC(C)c1ccc([C@@H]2SCC(=O)Nc3c2c(=O)[nH]n3[C@H]2CCOC(C)(C)C2)cc1. The molecule has 0 unspecified atom stereocenters. The number of anilines is 1. The van der Waals surface area contributed by atoms with E-state index in [9.17, 15) is 9.59 Å². The van der Waals surface area contributed by atoms with Crippen LogP contribution in [0.25, 0.3) is 0 Å². The molecule has 2 aromatic rings. The van der Waals surface area contributed by atoms with E-state index in [0.29, 0.717) is 29.7 Å². The smallest absolute Gasteiger partial charge is 0.270 e. The summed E-state index contributed by atoms with van der Waals surface area (Å²) in [5.41, 5.74) is 2.57. The van der Waals surface area contributed by atoms with Crippen molar-refractivity contribution in [2.75, 3.05) is 17.7 Å². The van der Waals surface area contributed by atoms with Gasteiger partial charge in [-0.15, -0.1) is 11.8 Å². The van der Waals surface area contributed by atoms with E-state index >= 15 is 0 Å². The molecular formula is C22H29N3O3S. The average Bonchev–Trinajstić information content (AvgIpc) is 2.87. The van der Waals surface area contributed by atoms with E-state index in [4.69, 9.17) is 4.74 Å². The highest BCUT2D eigenvalue weighted by atomic mass is 32.2. The van der Waals surface area contributed by atoms with Crippen LogP contribution in [-0.4, -0.2) is 33.6 Å². The number of ether oxygens (including phenoxy) is 1. The molecule has 6 nitrogen and oxygen atoms in total. The second-order valence-corrected chi connectivity index (χ2v) is 9.98. The molecule has 1 fully saturated rings. The van der Waals surface area contributed by atoms with Crippen LogP contribution >= 0.6 is 11.8 Å². The monoisotopic (exact) mass is 415 g/mol. The highest BCUT2D eigenvalue weighted by molar-refractivity contribution is 8.00. The summed E-state index contributed by atoms with van der Waals surface area (Å²) >= 11 is 1.51. The molecule has 156 valence electrons. The maximum Gasteiger partial charge on any atom is 0.270 e. The lowest BCUT2D eigenvalue weighted by atomic mass is 9.94. The Morgan fingerprint density at radius 3 is 2.59 bits per heavy atom. The van der Waals surface area contributed by atoms with Gasteiger partial charge in [0.1, 0.15) is 5.82 Å². The van der Waals surface area contributed by atoms with Crippen molar-refractivity contribution < 1.29 is 9.53 Å². The van der Waals surface area contributed by atoms with Crippen molar-refractivity contribution in [1.82, 2.24) is 9.78 Å². The van der Waals surface area contributed by atoms with Gasteiger partial charge in [0.05, 0.1) is 28.2 Å². The number of carbonyl (C=O) groups is 1. The summed E-state index contributed by atoms with van der Waals surface area (Å²) in [5.74, 6) is 1.32. The van der Waals surface area contributed by atoms with Crippen LogP contribution in [0.5, 0.6) is 0 Å². The first kappa shape index (κ1) is 20.3. The van der Waals surface area contributed by atoms with E-state index < -0.39 is 0 Å². The average molecular weight is 416 g/mol. The van der Waals surface area contributed by atoms with Crippen LogP contribution in [0.1, 0.15) is 74.4 Å². The van der Waals surface area contributed by atoms with Gasteiger partial charge in [0, 0.05) is 6.61 Å². The van der Waals surface area contributed by atoms with Crippen molar-refractivity contribution in [2.24, 2.45) is 0 Å². The van der Waals surface area contributed by atoms with Crippen LogP contribution in [-0.2, 0) is 9.53 Å². The molecule has 3 heterocycles. The van der Waals surface area contributed by atoms with E-state index in [1.807, 2.05) is 4.68 Å². The molecule has 2 atom stereocenters. The van der Waals surface area contributed by atoms with Gasteiger partial charge in [0.25, 0.3) is 5.56 Å². The minimum Gasteiger partial charge on any atom is -0.375 e. The fourth-order valence-electron chi connectivity index (χ4n) is 4.26. The summed E-state index contributed by atoms with van der Waals surface area (Å²) in [5, 5.41) is 5.84. The summed E-state index contributed by atoms with van der Waals surface area (Å²) in [6, 6.07) is 8.49. The van der Waals surface area contributed by atoms with Gasteiger partial charge in [-0.05, 0) is 43.7 Å². The van der Waals surface area contributed by atoms with Crippen molar-refractivity contribution in [3.05, 3.63) is 51.3 Å². The first-order chi connectivity index (χ1) is 13.7. The number of fused-ring (bicyclic) bond motifs is 1. The number of rotatable bonds is 3. The predicted octanol–water partition coefficient (Wildman–Crippen LogP) is 4.20. The Kier molecular flexibility index (Phi) is 5.38. The predicted molar refractivity (Wildman–Crippen MR) is 117 cm³/mol. The lowest BCUT2D eigenvalue weighted by molar-refractivity contribution is -0.113. The number of amides is 1. The molecule has 0 radical (unpaired) electrons. The Bertz CT molecular complexity index is 959. The first-order valence-electron chi connectivity index (χ1n) is 10.2. The third kappa shape index (κ3) is 4.03. The Hall–Kier alpha value is -1.99. The second kappa shape index (κ2) is 7.69. The molecule has 2 aliphatic rings. The van der Waals surface area contributed by atoms with Crippen molar-refractivity contribution >= 4 is 23.5 Å². The minimum absolute atomic E-state index is 0.0726. The number of aromatic nitrogens is 2. The summed E-state index contributed by atoms with van der Waals surface area (Å²) in [6.45, 7) is 9.09. The van der Waals surface area contributed by atoms with Gasteiger partial charge in [0.15, 0.2) is 0 Å². The highest BCUT2D eigenvalue weighted by Gasteiger charge is 2.35.